The first-order chi connectivity index (χ1) is 12.3. The summed E-state index contributed by atoms with van der Waals surface area (Å²) in [4.78, 5) is 18.6. The molecule has 1 unspecified atom stereocenters. The molecule has 1 N–H and O–H groups in total. The SMILES string of the molecule is CC(Nc1nccc2c1OCCN2C(=O)OC(C)(C)C)c1ccccc1. The topological polar surface area (TPSA) is 63.7 Å². The van der Waals surface area contributed by atoms with E-state index in [4.69, 9.17) is 9.47 Å². The van der Waals surface area contributed by atoms with Crippen LogP contribution < -0.4 is 15.0 Å². The van der Waals surface area contributed by atoms with Crippen LogP contribution in [0.25, 0.3) is 0 Å². The highest BCUT2D eigenvalue weighted by atomic mass is 16.6. The van der Waals surface area contributed by atoms with E-state index >= 15 is 0 Å². The Hall–Kier alpha value is -2.76. The number of rotatable bonds is 3. The lowest BCUT2D eigenvalue weighted by Gasteiger charge is -2.32. The van der Waals surface area contributed by atoms with Gasteiger partial charge in [0.05, 0.1) is 18.3 Å². The second-order valence-electron chi connectivity index (χ2n) is 7.26. The van der Waals surface area contributed by atoms with Gasteiger partial charge in [0, 0.05) is 6.20 Å². The third-order valence-corrected chi connectivity index (χ3v) is 4.00. The summed E-state index contributed by atoms with van der Waals surface area (Å²) >= 11 is 0. The number of amides is 1. The summed E-state index contributed by atoms with van der Waals surface area (Å²) in [5, 5.41) is 3.38. The van der Waals surface area contributed by atoms with E-state index in [1.165, 1.54) is 0 Å². The molecule has 0 aliphatic carbocycles. The minimum Gasteiger partial charge on any atom is -0.486 e. The van der Waals surface area contributed by atoms with E-state index in [2.05, 4.69) is 29.4 Å². The monoisotopic (exact) mass is 355 g/mol. The number of benzene rings is 1. The summed E-state index contributed by atoms with van der Waals surface area (Å²) in [5.74, 6) is 1.19. The van der Waals surface area contributed by atoms with Crippen molar-refractivity contribution in [2.24, 2.45) is 0 Å². The molecule has 0 radical (unpaired) electrons. The van der Waals surface area contributed by atoms with Crippen LogP contribution in [0.2, 0.25) is 0 Å². The zero-order valence-corrected chi connectivity index (χ0v) is 15.7. The van der Waals surface area contributed by atoms with Gasteiger partial charge in [-0.25, -0.2) is 9.78 Å². The molecule has 1 atom stereocenters. The summed E-state index contributed by atoms with van der Waals surface area (Å²) in [6.45, 7) is 8.46. The van der Waals surface area contributed by atoms with Gasteiger partial charge in [-0.05, 0) is 39.3 Å². The maximum absolute atomic E-state index is 12.5. The van der Waals surface area contributed by atoms with Crippen molar-refractivity contribution >= 4 is 17.6 Å². The van der Waals surface area contributed by atoms with Gasteiger partial charge >= 0.3 is 6.09 Å². The molecular formula is C20H25N3O3. The Morgan fingerprint density at radius 1 is 1.27 bits per heavy atom. The van der Waals surface area contributed by atoms with Crippen LogP contribution in [0.3, 0.4) is 0 Å². The highest BCUT2D eigenvalue weighted by Crippen LogP contribution is 2.38. The minimum atomic E-state index is -0.550. The minimum absolute atomic E-state index is 0.0516. The smallest absolute Gasteiger partial charge is 0.415 e. The van der Waals surface area contributed by atoms with E-state index in [-0.39, 0.29) is 12.1 Å². The maximum Gasteiger partial charge on any atom is 0.415 e. The van der Waals surface area contributed by atoms with E-state index in [1.807, 2.05) is 39.0 Å². The van der Waals surface area contributed by atoms with E-state index in [0.29, 0.717) is 30.4 Å². The van der Waals surface area contributed by atoms with Crippen molar-refractivity contribution in [1.82, 2.24) is 4.98 Å². The van der Waals surface area contributed by atoms with Gasteiger partial charge in [0.25, 0.3) is 0 Å². The largest absolute Gasteiger partial charge is 0.486 e. The predicted molar refractivity (Wildman–Crippen MR) is 102 cm³/mol. The van der Waals surface area contributed by atoms with Gasteiger partial charge in [0.2, 0.25) is 0 Å². The fourth-order valence-electron chi connectivity index (χ4n) is 2.79. The highest BCUT2D eigenvalue weighted by molar-refractivity contribution is 5.91. The summed E-state index contributed by atoms with van der Waals surface area (Å²) in [6.07, 6.45) is 1.29. The molecule has 1 aliphatic rings. The lowest BCUT2D eigenvalue weighted by Crippen LogP contribution is -2.41. The third-order valence-electron chi connectivity index (χ3n) is 4.00. The molecule has 1 amide bonds. The maximum atomic E-state index is 12.5. The molecule has 3 rings (SSSR count). The number of hydrogen-bond donors (Lipinski definition) is 1. The highest BCUT2D eigenvalue weighted by Gasteiger charge is 2.30. The summed E-state index contributed by atoms with van der Waals surface area (Å²) in [6, 6.07) is 11.9. The molecule has 26 heavy (non-hydrogen) atoms. The Balaban J connectivity index is 1.85. The van der Waals surface area contributed by atoms with Crippen LogP contribution in [0.5, 0.6) is 5.75 Å². The number of carbonyl (C=O) groups is 1. The van der Waals surface area contributed by atoms with Crippen molar-refractivity contribution in [1.29, 1.82) is 0 Å². The summed E-state index contributed by atoms with van der Waals surface area (Å²) < 4.78 is 11.3. The Kier molecular flexibility index (Phi) is 5.02. The Morgan fingerprint density at radius 3 is 2.69 bits per heavy atom. The molecule has 2 heterocycles. The Bertz CT molecular complexity index is 772. The van der Waals surface area contributed by atoms with E-state index in [9.17, 15) is 4.79 Å². The zero-order valence-electron chi connectivity index (χ0n) is 15.7. The van der Waals surface area contributed by atoms with Crippen LogP contribution in [0.1, 0.15) is 39.3 Å². The number of anilines is 2. The van der Waals surface area contributed by atoms with Gasteiger partial charge in [-0.1, -0.05) is 30.3 Å². The third kappa shape index (κ3) is 4.07. The van der Waals surface area contributed by atoms with Crippen LogP contribution in [0.4, 0.5) is 16.3 Å². The molecule has 0 fully saturated rings. The number of pyridine rings is 1. The van der Waals surface area contributed by atoms with Crippen LogP contribution in [0, 0.1) is 0 Å². The van der Waals surface area contributed by atoms with Gasteiger partial charge in [-0.3, -0.25) is 4.90 Å². The molecule has 6 heteroatoms. The summed E-state index contributed by atoms with van der Waals surface area (Å²) in [7, 11) is 0. The normalized spacial score (nSPS) is 14.8. The van der Waals surface area contributed by atoms with Crippen molar-refractivity contribution < 1.29 is 14.3 Å². The fraction of sp³-hybridized carbons (Fsp3) is 0.400. The van der Waals surface area contributed by atoms with Gasteiger partial charge < -0.3 is 14.8 Å². The van der Waals surface area contributed by atoms with E-state index < -0.39 is 5.60 Å². The number of nitrogens with one attached hydrogen (secondary N) is 1. The molecule has 1 aliphatic heterocycles. The van der Waals surface area contributed by atoms with Gasteiger partial charge in [-0.2, -0.15) is 0 Å². The number of nitrogens with zero attached hydrogens (tertiary/aromatic N) is 2. The van der Waals surface area contributed by atoms with Crippen molar-refractivity contribution in [3.05, 3.63) is 48.2 Å². The molecule has 1 aromatic carbocycles. The second-order valence-corrected chi connectivity index (χ2v) is 7.26. The number of aromatic nitrogens is 1. The van der Waals surface area contributed by atoms with Crippen molar-refractivity contribution in [2.45, 2.75) is 39.3 Å². The van der Waals surface area contributed by atoms with Crippen LogP contribution in [0.15, 0.2) is 42.6 Å². The predicted octanol–water partition coefficient (Wildman–Crippen LogP) is 4.39. The summed E-state index contributed by atoms with van der Waals surface area (Å²) in [5.41, 5.74) is 1.26. The molecule has 1 aromatic heterocycles. The molecule has 0 spiro atoms. The van der Waals surface area contributed by atoms with Crippen molar-refractivity contribution in [3.63, 3.8) is 0 Å². The number of hydrogen-bond acceptors (Lipinski definition) is 5. The lowest BCUT2D eigenvalue weighted by molar-refractivity contribution is 0.0568. The van der Waals surface area contributed by atoms with Crippen LogP contribution >= 0.6 is 0 Å². The van der Waals surface area contributed by atoms with Gasteiger partial charge in [0.1, 0.15) is 12.2 Å². The molecular weight excluding hydrogens is 330 g/mol. The first kappa shape index (κ1) is 18.0. The molecule has 2 aromatic rings. The average Bonchev–Trinajstić information content (AvgIpc) is 2.61. The lowest BCUT2D eigenvalue weighted by atomic mass is 10.1. The number of ether oxygens (including phenoxy) is 2. The average molecular weight is 355 g/mol. The van der Waals surface area contributed by atoms with E-state index in [1.54, 1.807) is 17.2 Å². The molecule has 0 bridgehead atoms. The van der Waals surface area contributed by atoms with Crippen LogP contribution in [-0.2, 0) is 4.74 Å². The first-order valence-electron chi connectivity index (χ1n) is 8.79. The number of carbonyl (C=O) groups excluding carboxylic acids is 1. The number of fused-ring (bicyclic) bond motifs is 1. The molecule has 138 valence electrons. The Labute approximate surface area is 154 Å². The second kappa shape index (κ2) is 7.23. The molecule has 0 saturated heterocycles. The van der Waals surface area contributed by atoms with E-state index in [0.717, 1.165) is 5.56 Å². The standard InChI is InChI=1S/C20H25N3O3/c1-14(15-8-6-5-7-9-15)22-18-17-16(10-11-21-18)23(12-13-25-17)19(24)26-20(2,3)4/h5-11,14H,12-13H2,1-4H3,(H,21,22). The Morgan fingerprint density at radius 2 is 2.00 bits per heavy atom. The van der Waals surface area contributed by atoms with Crippen molar-refractivity contribution in [3.8, 4) is 5.75 Å². The zero-order chi connectivity index (χ0) is 18.7. The quantitative estimate of drug-likeness (QED) is 0.885. The first-order valence-corrected chi connectivity index (χ1v) is 8.79. The van der Waals surface area contributed by atoms with Gasteiger partial charge in [0.15, 0.2) is 11.6 Å². The fourth-order valence-corrected chi connectivity index (χ4v) is 2.79. The molecule has 0 saturated carbocycles. The van der Waals surface area contributed by atoms with Crippen molar-refractivity contribution in [2.75, 3.05) is 23.4 Å². The molecule has 6 nitrogen and oxygen atoms in total. The van der Waals surface area contributed by atoms with Crippen LogP contribution in [-0.4, -0.2) is 29.8 Å². The van der Waals surface area contributed by atoms with Gasteiger partial charge in [-0.15, -0.1) is 0 Å².